The molecule has 0 radical (unpaired) electrons. The van der Waals surface area contributed by atoms with E-state index >= 15 is 0 Å². The maximum atomic E-state index is 6.24. The summed E-state index contributed by atoms with van der Waals surface area (Å²) in [5.74, 6) is 0. The Labute approximate surface area is 158 Å². The second-order valence-electron chi connectivity index (χ2n) is 6.70. The minimum atomic E-state index is 0. The minimum Gasteiger partial charge on any atom is -1.00 e. The molecule has 0 bridgehead atoms. The highest BCUT2D eigenvalue weighted by Gasteiger charge is 2.23. The fraction of sp³-hybridized carbons (Fsp3) is 0.333. The van der Waals surface area contributed by atoms with Gasteiger partial charge in [0.25, 0.3) is 0 Å². The number of quaternary nitrogens is 1. The van der Waals surface area contributed by atoms with Crippen LogP contribution in [0.4, 0.5) is 11.4 Å². The molecule has 0 fully saturated rings. The van der Waals surface area contributed by atoms with Gasteiger partial charge in [0.2, 0.25) is 0 Å². The van der Waals surface area contributed by atoms with Crippen molar-refractivity contribution in [2.24, 2.45) is 0 Å². The van der Waals surface area contributed by atoms with Crippen molar-refractivity contribution in [1.29, 1.82) is 0 Å². The fourth-order valence-electron chi connectivity index (χ4n) is 2.75. The number of para-hydroxylation sites is 1. The number of halogens is 2. The van der Waals surface area contributed by atoms with Crippen molar-refractivity contribution in [3.63, 3.8) is 0 Å². The molecule has 3 rings (SSSR count). The number of nitrogens with zero attached hydrogens (tertiary/aromatic N) is 2. The maximum Gasteiger partial charge on any atom is 0.0797 e. The van der Waals surface area contributed by atoms with E-state index in [0.717, 1.165) is 29.0 Å². The molecule has 0 unspecified atom stereocenters. The van der Waals surface area contributed by atoms with Crippen LogP contribution >= 0.6 is 23.4 Å². The van der Waals surface area contributed by atoms with E-state index in [-0.39, 0.29) is 17.0 Å². The van der Waals surface area contributed by atoms with E-state index < -0.39 is 0 Å². The topological polar surface area (TPSA) is 3.24 Å². The first-order chi connectivity index (χ1) is 10.4. The third-order valence-corrected chi connectivity index (χ3v) is 5.16. The van der Waals surface area contributed by atoms with Gasteiger partial charge in [-0.1, -0.05) is 35.5 Å². The van der Waals surface area contributed by atoms with Crippen LogP contribution in [0.5, 0.6) is 0 Å². The second-order valence-corrected chi connectivity index (χ2v) is 8.22. The first-order valence-electron chi connectivity index (χ1n) is 7.58. The summed E-state index contributed by atoms with van der Waals surface area (Å²) in [6, 6.07) is 14.8. The predicted octanol–water partition coefficient (Wildman–Crippen LogP) is 2.04. The summed E-state index contributed by atoms with van der Waals surface area (Å²) in [6.45, 7) is 2.17. The largest absolute Gasteiger partial charge is 1.00 e. The molecule has 0 amide bonds. The molecule has 0 N–H and O–H groups in total. The highest BCUT2D eigenvalue weighted by Crippen LogP contribution is 2.48. The quantitative estimate of drug-likeness (QED) is 0.706. The van der Waals surface area contributed by atoms with Gasteiger partial charge in [0.15, 0.2) is 0 Å². The Morgan fingerprint density at radius 1 is 1.00 bits per heavy atom. The normalized spacial score (nSPS) is 13.1. The molecule has 0 atom stereocenters. The lowest BCUT2D eigenvalue weighted by Crippen LogP contribution is -3.00. The minimum absolute atomic E-state index is 0. The van der Waals surface area contributed by atoms with E-state index in [1.165, 1.54) is 21.2 Å². The molecule has 0 saturated carbocycles. The predicted molar refractivity (Wildman–Crippen MR) is 96.5 cm³/mol. The van der Waals surface area contributed by atoms with Crippen LogP contribution in [0.25, 0.3) is 0 Å². The molecule has 2 aromatic carbocycles. The Balaban J connectivity index is 0.00000192. The zero-order valence-electron chi connectivity index (χ0n) is 13.7. The average molecular weight is 414 g/mol. The Hall–Kier alpha value is -0.680. The Kier molecular flexibility index (Phi) is 6.06. The van der Waals surface area contributed by atoms with Gasteiger partial charge in [-0.2, -0.15) is 0 Å². The third-order valence-electron chi connectivity index (χ3n) is 3.80. The van der Waals surface area contributed by atoms with E-state index in [1.807, 2.05) is 17.8 Å². The highest BCUT2D eigenvalue weighted by molar-refractivity contribution is 7.99. The van der Waals surface area contributed by atoms with Gasteiger partial charge in [-0.25, -0.2) is 0 Å². The first kappa shape index (κ1) is 18.7. The summed E-state index contributed by atoms with van der Waals surface area (Å²) in [6.07, 6.45) is 1.15. The van der Waals surface area contributed by atoms with E-state index in [0.29, 0.717) is 0 Å². The molecule has 2 aromatic rings. The van der Waals surface area contributed by atoms with Crippen molar-refractivity contribution in [1.82, 2.24) is 0 Å². The molecule has 1 heterocycles. The molecule has 5 heteroatoms. The lowest BCUT2D eigenvalue weighted by molar-refractivity contribution is -0.870. The maximum absolute atomic E-state index is 6.24. The number of anilines is 2. The summed E-state index contributed by atoms with van der Waals surface area (Å²) >= 11 is 8.07. The second kappa shape index (κ2) is 7.47. The van der Waals surface area contributed by atoms with Crippen molar-refractivity contribution in [3.05, 3.63) is 47.5 Å². The summed E-state index contributed by atoms with van der Waals surface area (Å²) in [7, 11) is 6.72. The van der Waals surface area contributed by atoms with Gasteiger partial charge in [0.05, 0.1) is 39.1 Å². The van der Waals surface area contributed by atoms with E-state index in [4.69, 9.17) is 11.6 Å². The average Bonchev–Trinajstić information content (AvgIpc) is 2.46. The van der Waals surface area contributed by atoms with Crippen LogP contribution < -0.4 is 21.9 Å². The molecule has 1 aliphatic heterocycles. The zero-order chi connectivity index (χ0) is 15.7. The molecule has 124 valence electrons. The van der Waals surface area contributed by atoms with Gasteiger partial charge in [-0.15, -0.1) is 0 Å². The summed E-state index contributed by atoms with van der Waals surface area (Å²) in [5.41, 5.74) is 2.53. The monoisotopic (exact) mass is 412 g/mol. The van der Waals surface area contributed by atoms with Crippen LogP contribution in [0.15, 0.2) is 52.3 Å². The number of fused-ring (bicyclic) bond motifs is 2. The van der Waals surface area contributed by atoms with Crippen LogP contribution in [0.2, 0.25) is 5.02 Å². The number of hydrogen-bond donors (Lipinski definition) is 0. The van der Waals surface area contributed by atoms with Gasteiger partial charge < -0.3 is 26.4 Å². The summed E-state index contributed by atoms with van der Waals surface area (Å²) in [5, 5.41) is 0.801. The Morgan fingerprint density at radius 3 is 2.43 bits per heavy atom. The standard InChI is InChI=1S/C18H22ClN2S.BrH/c1-21(2,3)12-6-11-20-15-7-4-5-8-17(15)22-18-10-9-14(19)13-16(18)20;/h4-5,7-10,13H,6,11-12H2,1-3H3;1H/q+1;/p-1. The molecule has 0 aliphatic carbocycles. The number of hydrogen-bond acceptors (Lipinski definition) is 2. The molecule has 2 nitrogen and oxygen atoms in total. The molecular weight excluding hydrogens is 392 g/mol. The molecule has 0 saturated heterocycles. The van der Waals surface area contributed by atoms with Crippen LogP contribution in [0.1, 0.15) is 6.42 Å². The smallest absolute Gasteiger partial charge is 0.0797 e. The third kappa shape index (κ3) is 4.44. The van der Waals surface area contributed by atoms with Crippen molar-refractivity contribution in [2.75, 3.05) is 39.1 Å². The van der Waals surface area contributed by atoms with Crippen LogP contribution in [0.3, 0.4) is 0 Å². The van der Waals surface area contributed by atoms with Crippen molar-refractivity contribution < 1.29 is 21.5 Å². The van der Waals surface area contributed by atoms with Crippen molar-refractivity contribution >= 4 is 34.7 Å². The van der Waals surface area contributed by atoms with Crippen molar-refractivity contribution in [3.8, 4) is 0 Å². The first-order valence-corrected chi connectivity index (χ1v) is 8.78. The van der Waals surface area contributed by atoms with Crippen molar-refractivity contribution in [2.45, 2.75) is 16.2 Å². The fourth-order valence-corrected chi connectivity index (χ4v) is 3.99. The number of rotatable bonds is 4. The van der Waals surface area contributed by atoms with E-state index in [2.05, 4.69) is 62.4 Å². The van der Waals surface area contributed by atoms with Crippen LogP contribution in [0, 0.1) is 0 Å². The summed E-state index contributed by atoms with van der Waals surface area (Å²) < 4.78 is 0.993. The van der Waals surface area contributed by atoms with Gasteiger partial charge in [-0.3, -0.25) is 0 Å². The molecular formula is C18H22BrClN2S. The van der Waals surface area contributed by atoms with Gasteiger partial charge in [0.1, 0.15) is 0 Å². The summed E-state index contributed by atoms with van der Waals surface area (Å²) in [4.78, 5) is 5.03. The molecule has 0 spiro atoms. The van der Waals surface area contributed by atoms with E-state index in [9.17, 15) is 0 Å². The van der Waals surface area contributed by atoms with Crippen LogP contribution in [-0.4, -0.2) is 38.7 Å². The lowest BCUT2D eigenvalue weighted by Gasteiger charge is -2.34. The lowest BCUT2D eigenvalue weighted by atomic mass is 10.2. The van der Waals surface area contributed by atoms with Gasteiger partial charge >= 0.3 is 0 Å². The Morgan fingerprint density at radius 2 is 1.70 bits per heavy atom. The number of benzene rings is 2. The zero-order valence-corrected chi connectivity index (χ0v) is 16.9. The van der Waals surface area contributed by atoms with Crippen LogP contribution in [-0.2, 0) is 0 Å². The van der Waals surface area contributed by atoms with Gasteiger partial charge in [0, 0.05) is 27.8 Å². The molecule has 23 heavy (non-hydrogen) atoms. The highest BCUT2D eigenvalue weighted by atomic mass is 79.9. The molecule has 0 aromatic heterocycles. The SMILES string of the molecule is C[N+](C)(C)CCCN1c2ccccc2Sc2ccc(Cl)cc21.[Br-]. The Bertz CT molecular complexity index is 685. The molecule has 1 aliphatic rings. The van der Waals surface area contributed by atoms with E-state index in [1.54, 1.807) is 0 Å². The van der Waals surface area contributed by atoms with Gasteiger partial charge in [-0.05, 0) is 30.3 Å².